The summed E-state index contributed by atoms with van der Waals surface area (Å²) in [6, 6.07) is 14.7. The molecule has 1 aromatic carbocycles. The summed E-state index contributed by atoms with van der Waals surface area (Å²) in [6.45, 7) is 0.342. The lowest BCUT2D eigenvalue weighted by atomic mass is 10.1. The molecule has 0 radical (unpaired) electrons. The normalized spacial score (nSPS) is 10.3. The van der Waals surface area contributed by atoms with Crippen molar-refractivity contribution in [2.75, 3.05) is 0 Å². The third kappa shape index (κ3) is 3.30. The second-order valence-electron chi connectivity index (χ2n) is 5.00. The molecule has 0 aliphatic heterocycles. The number of amides is 1. The molecule has 0 bridgehead atoms. The molecule has 0 fully saturated rings. The molecule has 0 aliphatic carbocycles. The van der Waals surface area contributed by atoms with Crippen molar-refractivity contribution in [3.05, 3.63) is 64.7 Å². The van der Waals surface area contributed by atoms with Gasteiger partial charge in [0.05, 0.1) is 34.4 Å². The Morgan fingerprint density at radius 1 is 1.35 bits per heavy atom. The molecule has 23 heavy (non-hydrogen) atoms. The minimum atomic E-state index is -0.217. The van der Waals surface area contributed by atoms with E-state index < -0.39 is 0 Å². The Bertz CT molecular complexity index is 874. The third-order valence-electron chi connectivity index (χ3n) is 3.39. The van der Waals surface area contributed by atoms with Crippen molar-refractivity contribution in [2.24, 2.45) is 7.05 Å². The fourth-order valence-electron chi connectivity index (χ4n) is 2.27. The van der Waals surface area contributed by atoms with E-state index in [1.807, 2.05) is 41.4 Å². The molecule has 3 aromatic rings. The first kappa shape index (κ1) is 15.0. The molecule has 2 aromatic heterocycles. The van der Waals surface area contributed by atoms with Gasteiger partial charge in [-0.25, -0.2) is 0 Å². The first-order chi connectivity index (χ1) is 11.2. The number of hydrogen-bond acceptors (Lipinski definition) is 4. The van der Waals surface area contributed by atoms with Crippen LogP contribution in [0.15, 0.2) is 47.8 Å². The average molecular weight is 322 g/mol. The van der Waals surface area contributed by atoms with Gasteiger partial charge < -0.3 is 5.32 Å². The lowest BCUT2D eigenvalue weighted by Crippen LogP contribution is -2.23. The molecule has 5 nitrogen and oxygen atoms in total. The third-order valence-corrected chi connectivity index (χ3v) is 4.28. The van der Waals surface area contributed by atoms with E-state index in [0.717, 1.165) is 16.3 Å². The summed E-state index contributed by atoms with van der Waals surface area (Å²) in [5.74, 6) is -0.217. The maximum atomic E-state index is 12.2. The number of hydrogen-bond donors (Lipinski definition) is 1. The summed E-state index contributed by atoms with van der Waals surface area (Å²) in [5.41, 5.74) is 2.75. The number of aryl methyl sites for hydroxylation is 1. The van der Waals surface area contributed by atoms with Gasteiger partial charge in [-0.05, 0) is 35.7 Å². The number of benzene rings is 1. The first-order valence-corrected chi connectivity index (χ1v) is 7.90. The van der Waals surface area contributed by atoms with Crippen LogP contribution in [0.25, 0.3) is 10.6 Å². The van der Waals surface area contributed by atoms with E-state index in [1.54, 1.807) is 35.6 Å². The highest BCUT2D eigenvalue weighted by Gasteiger charge is 2.10. The lowest BCUT2D eigenvalue weighted by molar-refractivity contribution is 0.0950. The molecule has 6 heteroatoms. The van der Waals surface area contributed by atoms with Crippen molar-refractivity contribution in [3.8, 4) is 16.6 Å². The van der Waals surface area contributed by atoms with Crippen molar-refractivity contribution in [3.63, 3.8) is 0 Å². The number of nitriles is 1. The van der Waals surface area contributed by atoms with E-state index >= 15 is 0 Å². The Hall–Kier alpha value is -2.91. The number of carbonyl (C=O) groups is 1. The number of nitrogens with one attached hydrogen (secondary N) is 1. The summed E-state index contributed by atoms with van der Waals surface area (Å²) in [4.78, 5) is 13.3. The van der Waals surface area contributed by atoms with Crippen LogP contribution in [0.5, 0.6) is 0 Å². The lowest BCUT2D eigenvalue weighted by Gasteiger charge is -2.03. The Morgan fingerprint density at radius 3 is 2.96 bits per heavy atom. The quantitative estimate of drug-likeness (QED) is 0.803. The topological polar surface area (TPSA) is 70.7 Å². The van der Waals surface area contributed by atoms with Gasteiger partial charge in [-0.3, -0.25) is 9.48 Å². The molecular formula is C17H14N4OS. The highest BCUT2D eigenvalue weighted by atomic mass is 32.1. The molecule has 1 amide bonds. The van der Waals surface area contributed by atoms with Crippen LogP contribution in [-0.2, 0) is 13.6 Å². The fraction of sp³-hybridized carbons (Fsp3) is 0.118. The average Bonchev–Trinajstić information content (AvgIpc) is 3.22. The maximum absolute atomic E-state index is 12.2. The molecule has 0 saturated carbocycles. The summed E-state index contributed by atoms with van der Waals surface area (Å²) in [5, 5.41) is 18.2. The first-order valence-electron chi connectivity index (χ1n) is 7.02. The van der Waals surface area contributed by atoms with Gasteiger partial charge in [-0.2, -0.15) is 10.4 Å². The van der Waals surface area contributed by atoms with Crippen molar-refractivity contribution in [2.45, 2.75) is 6.54 Å². The van der Waals surface area contributed by atoms with E-state index in [2.05, 4.69) is 10.4 Å². The number of nitrogens with zero attached hydrogens (tertiary/aromatic N) is 3. The molecule has 0 spiro atoms. The van der Waals surface area contributed by atoms with Gasteiger partial charge in [0, 0.05) is 12.6 Å². The molecule has 3 rings (SSSR count). The van der Waals surface area contributed by atoms with Crippen molar-refractivity contribution in [1.29, 1.82) is 5.26 Å². The van der Waals surface area contributed by atoms with E-state index in [-0.39, 0.29) is 5.91 Å². The molecule has 114 valence electrons. The van der Waals surface area contributed by atoms with Crippen LogP contribution < -0.4 is 5.32 Å². The minimum Gasteiger partial charge on any atom is -0.346 e. The molecule has 0 atom stereocenters. The number of aromatic nitrogens is 2. The highest BCUT2D eigenvalue weighted by molar-refractivity contribution is 7.13. The summed E-state index contributed by atoms with van der Waals surface area (Å²) in [7, 11) is 1.89. The summed E-state index contributed by atoms with van der Waals surface area (Å²) in [6.07, 6.45) is 0. The van der Waals surface area contributed by atoms with Gasteiger partial charge in [-0.1, -0.05) is 12.1 Å². The Labute approximate surface area is 137 Å². The Kier molecular flexibility index (Phi) is 4.22. The summed E-state index contributed by atoms with van der Waals surface area (Å²) >= 11 is 1.65. The zero-order valence-corrected chi connectivity index (χ0v) is 13.3. The van der Waals surface area contributed by atoms with Crippen LogP contribution in [0.4, 0.5) is 0 Å². The van der Waals surface area contributed by atoms with E-state index in [4.69, 9.17) is 5.26 Å². The highest BCUT2D eigenvalue weighted by Crippen LogP contribution is 2.24. The van der Waals surface area contributed by atoms with Crippen LogP contribution in [0.2, 0.25) is 0 Å². The maximum Gasteiger partial charge on any atom is 0.251 e. The monoisotopic (exact) mass is 322 g/mol. The largest absolute Gasteiger partial charge is 0.346 e. The van der Waals surface area contributed by atoms with Gasteiger partial charge in [-0.15, -0.1) is 11.3 Å². The van der Waals surface area contributed by atoms with Gasteiger partial charge in [0.15, 0.2) is 0 Å². The molecule has 2 heterocycles. The molecule has 0 unspecified atom stereocenters. The van der Waals surface area contributed by atoms with Crippen LogP contribution in [-0.4, -0.2) is 15.7 Å². The van der Waals surface area contributed by atoms with Gasteiger partial charge >= 0.3 is 0 Å². The predicted octanol–water partition coefficient (Wildman–Crippen LogP) is 2.95. The smallest absolute Gasteiger partial charge is 0.251 e. The minimum absolute atomic E-state index is 0.217. The predicted molar refractivity (Wildman–Crippen MR) is 88.8 cm³/mol. The molecule has 0 aliphatic rings. The van der Waals surface area contributed by atoms with Crippen LogP contribution in [0.3, 0.4) is 0 Å². The summed E-state index contributed by atoms with van der Waals surface area (Å²) < 4.78 is 1.81. The van der Waals surface area contributed by atoms with E-state index in [9.17, 15) is 4.79 Å². The van der Waals surface area contributed by atoms with Gasteiger partial charge in [0.25, 0.3) is 5.91 Å². The number of carbonyl (C=O) groups excluding carboxylic acids is 1. The second kappa shape index (κ2) is 6.46. The zero-order valence-electron chi connectivity index (χ0n) is 12.5. The number of rotatable bonds is 4. The van der Waals surface area contributed by atoms with E-state index in [1.165, 1.54) is 0 Å². The van der Waals surface area contributed by atoms with Crippen LogP contribution >= 0.6 is 11.3 Å². The van der Waals surface area contributed by atoms with Crippen molar-refractivity contribution < 1.29 is 4.79 Å². The van der Waals surface area contributed by atoms with E-state index in [0.29, 0.717) is 17.7 Å². The molecule has 1 N–H and O–H groups in total. The van der Waals surface area contributed by atoms with Crippen molar-refractivity contribution >= 4 is 17.2 Å². The molecule has 0 saturated heterocycles. The second-order valence-corrected chi connectivity index (χ2v) is 5.94. The number of thiophene rings is 1. The fourth-order valence-corrected chi connectivity index (χ4v) is 3.04. The Balaban J connectivity index is 1.70. The van der Waals surface area contributed by atoms with Gasteiger partial charge in [0.1, 0.15) is 0 Å². The SMILES string of the molecule is Cn1nc(CNC(=O)c2cccc(C#N)c2)cc1-c1cccs1. The zero-order chi connectivity index (χ0) is 16.2. The van der Waals surface area contributed by atoms with Crippen LogP contribution in [0.1, 0.15) is 21.6 Å². The molecular weight excluding hydrogens is 308 g/mol. The Morgan fingerprint density at radius 2 is 2.22 bits per heavy atom. The van der Waals surface area contributed by atoms with Crippen molar-refractivity contribution in [1.82, 2.24) is 15.1 Å². The van der Waals surface area contributed by atoms with Crippen LogP contribution in [0, 0.1) is 11.3 Å². The standard InChI is InChI=1S/C17H14N4OS/c1-21-15(16-6-3-7-23-16)9-14(20-21)11-19-17(22)13-5-2-4-12(8-13)10-18/h2-9H,11H2,1H3,(H,19,22). The van der Waals surface area contributed by atoms with Gasteiger partial charge in [0.2, 0.25) is 0 Å².